The van der Waals surface area contributed by atoms with E-state index in [1.54, 1.807) is 50.6 Å². The van der Waals surface area contributed by atoms with Crippen LogP contribution in [0.1, 0.15) is 5.56 Å². The Morgan fingerprint density at radius 1 is 1.00 bits per heavy atom. The monoisotopic (exact) mass is 255 g/mol. The summed E-state index contributed by atoms with van der Waals surface area (Å²) in [5.41, 5.74) is 1.71. The molecule has 0 unspecified atom stereocenters. The van der Waals surface area contributed by atoms with Gasteiger partial charge in [0, 0.05) is 11.1 Å². The number of hydrogen-bond acceptors (Lipinski definition) is 4. The van der Waals surface area contributed by atoms with Crippen molar-refractivity contribution in [1.82, 2.24) is 0 Å². The Balaban J connectivity index is 2.66. The summed E-state index contributed by atoms with van der Waals surface area (Å²) in [7, 11) is 3.10. The van der Waals surface area contributed by atoms with Crippen molar-refractivity contribution in [3.63, 3.8) is 0 Å². The van der Waals surface area contributed by atoms with Gasteiger partial charge in [0.05, 0.1) is 25.9 Å². The van der Waals surface area contributed by atoms with Crippen LogP contribution in [0.3, 0.4) is 0 Å². The SMILES string of the molecule is COc1ccc(O)c(-c2cc(C#N)ccc2OC)c1. The minimum absolute atomic E-state index is 0.106. The molecule has 2 aromatic carbocycles. The number of benzene rings is 2. The van der Waals surface area contributed by atoms with Crippen molar-refractivity contribution in [2.24, 2.45) is 0 Å². The molecule has 0 aliphatic rings. The maximum Gasteiger partial charge on any atom is 0.126 e. The second kappa shape index (κ2) is 5.32. The molecule has 0 aliphatic heterocycles. The highest BCUT2D eigenvalue weighted by molar-refractivity contribution is 5.77. The average Bonchev–Trinajstić information content (AvgIpc) is 2.47. The number of nitriles is 1. The van der Waals surface area contributed by atoms with Crippen LogP contribution < -0.4 is 9.47 Å². The van der Waals surface area contributed by atoms with Crippen molar-refractivity contribution in [2.75, 3.05) is 14.2 Å². The van der Waals surface area contributed by atoms with Gasteiger partial charge in [-0.2, -0.15) is 5.26 Å². The minimum Gasteiger partial charge on any atom is -0.507 e. The van der Waals surface area contributed by atoms with Crippen LogP contribution in [0.2, 0.25) is 0 Å². The van der Waals surface area contributed by atoms with Gasteiger partial charge in [-0.25, -0.2) is 0 Å². The number of ether oxygens (including phenoxy) is 2. The highest BCUT2D eigenvalue weighted by Gasteiger charge is 2.12. The van der Waals surface area contributed by atoms with Gasteiger partial charge in [-0.15, -0.1) is 0 Å². The summed E-state index contributed by atoms with van der Waals surface area (Å²) in [5.74, 6) is 1.31. The highest BCUT2D eigenvalue weighted by Crippen LogP contribution is 2.38. The molecule has 4 nitrogen and oxygen atoms in total. The zero-order valence-corrected chi connectivity index (χ0v) is 10.7. The van der Waals surface area contributed by atoms with Gasteiger partial charge in [0.15, 0.2) is 0 Å². The molecular formula is C15H13NO3. The second-order valence-corrected chi connectivity index (χ2v) is 3.91. The Labute approximate surface area is 111 Å². The first-order valence-corrected chi connectivity index (χ1v) is 5.65. The Kier molecular flexibility index (Phi) is 3.58. The van der Waals surface area contributed by atoms with Crippen molar-refractivity contribution in [3.8, 4) is 34.4 Å². The normalized spacial score (nSPS) is 9.74. The Hall–Kier alpha value is -2.67. The quantitative estimate of drug-likeness (QED) is 0.915. The molecule has 0 bridgehead atoms. The molecule has 2 aromatic rings. The maximum atomic E-state index is 9.97. The Bertz CT molecular complexity index is 644. The fourth-order valence-electron chi connectivity index (χ4n) is 1.85. The maximum absolute atomic E-state index is 9.97. The van der Waals surface area contributed by atoms with E-state index in [2.05, 4.69) is 6.07 Å². The molecule has 0 aliphatic carbocycles. The largest absolute Gasteiger partial charge is 0.507 e. The number of nitrogens with zero attached hydrogens (tertiary/aromatic N) is 1. The molecule has 0 amide bonds. The topological polar surface area (TPSA) is 62.5 Å². The lowest BCUT2D eigenvalue weighted by atomic mass is 10.0. The number of phenols is 1. The zero-order valence-electron chi connectivity index (χ0n) is 10.7. The van der Waals surface area contributed by atoms with Crippen LogP contribution in [0.15, 0.2) is 36.4 Å². The summed E-state index contributed by atoms with van der Waals surface area (Å²) in [6.45, 7) is 0. The summed E-state index contributed by atoms with van der Waals surface area (Å²) in [4.78, 5) is 0. The molecule has 0 spiro atoms. The average molecular weight is 255 g/mol. The van der Waals surface area contributed by atoms with E-state index in [1.807, 2.05) is 0 Å². The molecule has 2 rings (SSSR count). The van der Waals surface area contributed by atoms with Crippen molar-refractivity contribution in [2.45, 2.75) is 0 Å². The third-order valence-electron chi connectivity index (χ3n) is 2.82. The molecule has 4 heteroatoms. The smallest absolute Gasteiger partial charge is 0.126 e. The standard InChI is InChI=1S/C15H13NO3/c1-18-11-4-5-14(17)12(8-11)13-7-10(9-16)3-6-15(13)19-2/h3-8,17H,1-2H3. The van der Waals surface area contributed by atoms with Gasteiger partial charge in [0.2, 0.25) is 0 Å². The predicted octanol–water partition coefficient (Wildman–Crippen LogP) is 2.95. The van der Waals surface area contributed by atoms with E-state index in [-0.39, 0.29) is 5.75 Å². The van der Waals surface area contributed by atoms with Crippen LogP contribution in [-0.2, 0) is 0 Å². The molecule has 0 heterocycles. The van der Waals surface area contributed by atoms with Gasteiger partial charge in [-0.3, -0.25) is 0 Å². The molecule has 0 radical (unpaired) electrons. The summed E-state index contributed by atoms with van der Waals surface area (Å²) in [5, 5.41) is 18.9. The van der Waals surface area contributed by atoms with E-state index in [9.17, 15) is 5.11 Å². The molecule has 19 heavy (non-hydrogen) atoms. The molecular weight excluding hydrogens is 242 g/mol. The van der Waals surface area contributed by atoms with Crippen molar-refractivity contribution in [1.29, 1.82) is 5.26 Å². The molecule has 0 saturated carbocycles. The van der Waals surface area contributed by atoms with E-state index < -0.39 is 0 Å². The van der Waals surface area contributed by atoms with E-state index >= 15 is 0 Å². The van der Waals surface area contributed by atoms with Gasteiger partial charge in [0.1, 0.15) is 17.2 Å². The zero-order chi connectivity index (χ0) is 13.8. The summed E-state index contributed by atoms with van der Waals surface area (Å²) < 4.78 is 10.4. The lowest BCUT2D eigenvalue weighted by Crippen LogP contribution is -1.91. The molecule has 0 atom stereocenters. The molecule has 0 saturated heterocycles. The molecule has 0 aromatic heterocycles. The van der Waals surface area contributed by atoms with Gasteiger partial charge >= 0.3 is 0 Å². The molecule has 0 fully saturated rings. The van der Waals surface area contributed by atoms with Crippen molar-refractivity contribution in [3.05, 3.63) is 42.0 Å². The third-order valence-corrected chi connectivity index (χ3v) is 2.82. The lowest BCUT2D eigenvalue weighted by molar-refractivity contribution is 0.411. The van der Waals surface area contributed by atoms with Crippen LogP contribution in [0.5, 0.6) is 17.2 Å². The third kappa shape index (κ3) is 2.45. The van der Waals surface area contributed by atoms with Crippen LogP contribution in [0, 0.1) is 11.3 Å². The number of methoxy groups -OCH3 is 2. The fourth-order valence-corrected chi connectivity index (χ4v) is 1.85. The Morgan fingerprint density at radius 2 is 1.79 bits per heavy atom. The number of rotatable bonds is 3. The second-order valence-electron chi connectivity index (χ2n) is 3.91. The van der Waals surface area contributed by atoms with Crippen LogP contribution in [-0.4, -0.2) is 19.3 Å². The van der Waals surface area contributed by atoms with Crippen molar-refractivity contribution >= 4 is 0 Å². The number of phenolic OH excluding ortho intramolecular Hbond substituents is 1. The number of hydrogen-bond donors (Lipinski definition) is 1. The fraction of sp³-hybridized carbons (Fsp3) is 0.133. The first-order chi connectivity index (χ1) is 9.19. The number of aromatic hydroxyl groups is 1. The summed E-state index contributed by atoms with van der Waals surface area (Å²) in [6, 6.07) is 12.0. The highest BCUT2D eigenvalue weighted by atomic mass is 16.5. The molecule has 96 valence electrons. The first kappa shape index (κ1) is 12.8. The van der Waals surface area contributed by atoms with E-state index in [4.69, 9.17) is 14.7 Å². The Morgan fingerprint density at radius 3 is 2.42 bits per heavy atom. The van der Waals surface area contributed by atoms with Gasteiger partial charge in [-0.05, 0) is 36.4 Å². The summed E-state index contributed by atoms with van der Waals surface area (Å²) >= 11 is 0. The first-order valence-electron chi connectivity index (χ1n) is 5.65. The summed E-state index contributed by atoms with van der Waals surface area (Å²) in [6.07, 6.45) is 0. The van der Waals surface area contributed by atoms with Gasteiger partial charge in [0.25, 0.3) is 0 Å². The van der Waals surface area contributed by atoms with E-state index in [1.165, 1.54) is 0 Å². The van der Waals surface area contributed by atoms with Crippen LogP contribution in [0.4, 0.5) is 0 Å². The van der Waals surface area contributed by atoms with Gasteiger partial charge in [-0.1, -0.05) is 0 Å². The van der Waals surface area contributed by atoms with Gasteiger partial charge < -0.3 is 14.6 Å². The predicted molar refractivity (Wildman–Crippen MR) is 71.4 cm³/mol. The molecule has 1 N–H and O–H groups in total. The van der Waals surface area contributed by atoms with E-state index in [0.29, 0.717) is 28.2 Å². The van der Waals surface area contributed by atoms with Crippen LogP contribution in [0.25, 0.3) is 11.1 Å². The van der Waals surface area contributed by atoms with E-state index in [0.717, 1.165) is 0 Å². The minimum atomic E-state index is 0.106. The van der Waals surface area contributed by atoms with Crippen molar-refractivity contribution < 1.29 is 14.6 Å². The lowest BCUT2D eigenvalue weighted by Gasteiger charge is -2.11. The van der Waals surface area contributed by atoms with Crippen LogP contribution >= 0.6 is 0 Å².